The minimum atomic E-state index is 0.587. The van der Waals surface area contributed by atoms with Gasteiger partial charge >= 0.3 is 0 Å². The fraction of sp³-hybridized carbons (Fsp3) is 0.647. The molecule has 0 amide bonds. The molecule has 106 valence electrons. The third-order valence-electron chi connectivity index (χ3n) is 4.54. The summed E-state index contributed by atoms with van der Waals surface area (Å²) in [6.07, 6.45) is 2.43. The predicted molar refractivity (Wildman–Crippen MR) is 83.9 cm³/mol. The Morgan fingerprint density at radius 1 is 1.32 bits per heavy atom. The highest BCUT2D eigenvalue weighted by Crippen LogP contribution is 2.32. The molecule has 0 radical (unpaired) electrons. The standard InChI is InChI=1S/C17H28N2/c1-5-13(3)16(18-6-2)12-19-14(4)11-15-9-7-8-10-17(15)19/h7-10,13-14,16,18H,5-6,11-12H2,1-4H3. The number of likely N-dealkylation sites (N-methyl/N-ethyl adjacent to an activating group) is 1. The quantitative estimate of drug-likeness (QED) is 0.842. The van der Waals surface area contributed by atoms with Gasteiger partial charge < -0.3 is 10.2 Å². The van der Waals surface area contributed by atoms with E-state index in [1.165, 1.54) is 24.1 Å². The third kappa shape index (κ3) is 3.11. The summed E-state index contributed by atoms with van der Waals surface area (Å²) in [5.41, 5.74) is 2.95. The van der Waals surface area contributed by atoms with Crippen molar-refractivity contribution in [3.63, 3.8) is 0 Å². The van der Waals surface area contributed by atoms with Crippen LogP contribution in [0.15, 0.2) is 24.3 Å². The molecular formula is C17H28N2. The van der Waals surface area contributed by atoms with Crippen molar-refractivity contribution >= 4 is 5.69 Å². The first-order chi connectivity index (χ1) is 9.17. The monoisotopic (exact) mass is 260 g/mol. The Labute approximate surface area is 118 Å². The summed E-state index contributed by atoms with van der Waals surface area (Å²) < 4.78 is 0. The summed E-state index contributed by atoms with van der Waals surface area (Å²) in [5, 5.41) is 3.67. The van der Waals surface area contributed by atoms with Gasteiger partial charge in [0.05, 0.1) is 0 Å². The Morgan fingerprint density at radius 3 is 2.74 bits per heavy atom. The maximum Gasteiger partial charge on any atom is 0.0402 e. The minimum Gasteiger partial charge on any atom is -0.367 e. The molecule has 1 aliphatic rings. The lowest BCUT2D eigenvalue weighted by atomic mass is 9.98. The second-order valence-electron chi connectivity index (χ2n) is 5.88. The summed E-state index contributed by atoms with van der Waals surface area (Å²) in [4.78, 5) is 2.59. The molecule has 0 fully saturated rings. The van der Waals surface area contributed by atoms with Crippen molar-refractivity contribution in [2.75, 3.05) is 18.0 Å². The van der Waals surface area contributed by atoms with Gasteiger partial charge in [-0.3, -0.25) is 0 Å². The molecule has 3 unspecified atom stereocenters. The van der Waals surface area contributed by atoms with Crippen molar-refractivity contribution in [1.82, 2.24) is 5.32 Å². The first-order valence-corrected chi connectivity index (χ1v) is 7.75. The van der Waals surface area contributed by atoms with E-state index in [-0.39, 0.29) is 0 Å². The van der Waals surface area contributed by atoms with Crippen LogP contribution in [0.5, 0.6) is 0 Å². The van der Waals surface area contributed by atoms with Gasteiger partial charge in [-0.1, -0.05) is 45.4 Å². The highest BCUT2D eigenvalue weighted by molar-refractivity contribution is 5.59. The maximum atomic E-state index is 3.67. The summed E-state index contributed by atoms with van der Waals surface area (Å²) >= 11 is 0. The fourth-order valence-electron chi connectivity index (χ4n) is 3.11. The molecule has 0 saturated heterocycles. The molecule has 1 heterocycles. The van der Waals surface area contributed by atoms with Crippen molar-refractivity contribution in [3.8, 4) is 0 Å². The van der Waals surface area contributed by atoms with Crippen molar-refractivity contribution in [1.29, 1.82) is 0 Å². The minimum absolute atomic E-state index is 0.587. The molecule has 1 aromatic rings. The number of rotatable bonds is 6. The van der Waals surface area contributed by atoms with E-state index in [1.807, 2.05) is 0 Å². The number of hydrogen-bond acceptors (Lipinski definition) is 2. The molecular weight excluding hydrogens is 232 g/mol. The lowest BCUT2D eigenvalue weighted by molar-refractivity contribution is 0.367. The van der Waals surface area contributed by atoms with E-state index < -0.39 is 0 Å². The Balaban J connectivity index is 2.12. The SMILES string of the molecule is CCNC(CN1c2ccccc2CC1C)C(C)CC. The lowest BCUT2D eigenvalue weighted by Crippen LogP contribution is -2.46. The zero-order chi connectivity index (χ0) is 13.8. The van der Waals surface area contributed by atoms with Crippen LogP contribution < -0.4 is 10.2 Å². The number of anilines is 1. The molecule has 0 bridgehead atoms. The van der Waals surface area contributed by atoms with Gasteiger partial charge in [-0.25, -0.2) is 0 Å². The highest BCUT2D eigenvalue weighted by Gasteiger charge is 2.28. The van der Waals surface area contributed by atoms with Crippen LogP contribution in [0.25, 0.3) is 0 Å². The van der Waals surface area contributed by atoms with Crippen molar-refractivity contribution < 1.29 is 0 Å². The lowest BCUT2D eigenvalue weighted by Gasteiger charge is -2.33. The fourth-order valence-corrected chi connectivity index (χ4v) is 3.11. The smallest absolute Gasteiger partial charge is 0.0402 e. The predicted octanol–water partition coefficient (Wildman–Crippen LogP) is 3.46. The first-order valence-electron chi connectivity index (χ1n) is 7.75. The van der Waals surface area contributed by atoms with E-state index >= 15 is 0 Å². The molecule has 2 heteroatoms. The molecule has 3 atom stereocenters. The summed E-state index contributed by atoms with van der Waals surface area (Å²) in [6.45, 7) is 11.4. The van der Waals surface area contributed by atoms with Gasteiger partial charge in [-0.05, 0) is 37.4 Å². The van der Waals surface area contributed by atoms with Crippen LogP contribution in [0.2, 0.25) is 0 Å². The highest BCUT2D eigenvalue weighted by atomic mass is 15.2. The average molecular weight is 260 g/mol. The van der Waals surface area contributed by atoms with E-state index in [4.69, 9.17) is 0 Å². The van der Waals surface area contributed by atoms with Gasteiger partial charge in [-0.15, -0.1) is 0 Å². The molecule has 0 saturated carbocycles. The van der Waals surface area contributed by atoms with Crippen LogP contribution >= 0.6 is 0 Å². The zero-order valence-corrected chi connectivity index (χ0v) is 12.8. The van der Waals surface area contributed by atoms with Crippen LogP contribution in [0.4, 0.5) is 5.69 Å². The summed E-state index contributed by atoms with van der Waals surface area (Å²) in [5.74, 6) is 0.722. The molecule has 0 spiro atoms. The molecule has 1 N–H and O–H groups in total. The van der Waals surface area contributed by atoms with Crippen molar-refractivity contribution in [2.45, 2.75) is 52.6 Å². The van der Waals surface area contributed by atoms with Crippen LogP contribution in [0.3, 0.4) is 0 Å². The number of hydrogen-bond donors (Lipinski definition) is 1. The Hall–Kier alpha value is -1.02. The number of nitrogens with zero attached hydrogens (tertiary/aromatic N) is 1. The van der Waals surface area contributed by atoms with Gasteiger partial charge in [0.15, 0.2) is 0 Å². The second kappa shape index (κ2) is 6.42. The van der Waals surface area contributed by atoms with Crippen LogP contribution in [0, 0.1) is 5.92 Å². The Morgan fingerprint density at radius 2 is 2.05 bits per heavy atom. The number of para-hydroxylation sites is 1. The molecule has 2 rings (SSSR count). The largest absolute Gasteiger partial charge is 0.367 e. The molecule has 0 aliphatic carbocycles. The third-order valence-corrected chi connectivity index (χ3v) is 4.54. The van der Waals surface area contributed by atoms with E-state index in [1.54, 1.807) is 0 Å². The van der Waals surface area contributed by atoms with Gasteiger partial charge in [-0.2, -0.15) is 0 Å². The average Bonchev–Trinajstić information content (AvgIpc) is 2.73. The van der Waals surface area contributed by atoms with E-state index in [2.05, 4.69) is 62.2 Å². The number of benzene rings is 1. The zero-order valence-electron chi connectivity index (χ0n) is 12.8. The maximum absolute atomic E-state index is 3.67. The van der Waals surface area contributed by atoms with Crippen LogP contribution in [0.1, 0.15) is 39.7 Å². The van der Waals surface area contributed by atoms with E-state index in [9.17, 15) is 0 Å². The second-order valence-corrected chi connectivity index (χ2v) is 5.88. The topological polar surface area (TPSA) is 15.3 Å². The normalized spacial score (nSPS) is 21.3. The molecule has 1 aliphatic heterocycles. The summed E-state index contributed by atoms with van der Waals surface area (Å²) in [6, 6.07) is 10.1. The van der Waals surface area contributed by atoms with E-state index in [0.717, 1.165) is 19.0 Å². The number of fused-ring (bicyclic) bond motifs is 1. The number of nitrogens with one attached hydrogen (secondary N) is 1. The molecule has 2 nitrogen and oxygen atoms in total. The summed E-state index contributed by atoms with van der Waals surface area (Å²) in [7, 11) is 0. The van der Waals surface area contributed by atoms with Gasteiger partial charge in [0.2, 0.25) is 0 Å². The van der Waals surface area contributed by atoms with Gasteiger partial charge in [0.25, 0.3) is 0 Å². The Kier molecular flexibility index (Phi) is 4.87. The van der Waals surface area contributed by atoms with Crippen molar-refractivity contribution in [2.24, 2.45) is 5.92 Å². The van der Waals surface area contributed by atoms with Crippen molar-refractivity contribution in [3.05, 3.63) is 29.8 Å². The first kappa shape index (κ1) is 14.4. The molecule has 0 aromatic heterocycles. The molecule has 19 heavy (non-hydrogen) atoms. The van der Waals surface area contributed by atoms with Gasteiger partial charge in [0, 0.05) is 24.3 Å². The Bertz CT molecular complexity index is 402. The van der Waals surface area contributed by atoms with Crippen LogP contribution in [-0.2, 0) is 6.42 Å². The van der Waals surface area contributed by atoms with E-state index in [0.29, 0.717) is 12.1 Å². The van der Waals surface area contributed by atoms with Gasteiger partial charge in [0.1, 0.15) is 0 Å². The molecule has 1 aromatic carbocycles. The van der Waals surface area contributed by atoms with Crippen LogP contribution in [-0.4, -0.2) is 25.2 Å².